The van der Waals surface area contributed by atoms with Crippen LogP contribution in [-0.2, 0) is 14.3 Å². The molecule has 0 aliphatic heterocycles. The molecule has 25 heavy (non-hydrogen) atoms. The lowest BCUT2D eigenvalue weighted by atomic mass is 9.78. The monoisotopic (exact) mass is 355 g/mol. The van der Waals surface area contributed by atoms with Crippen LogP contribution in [0.4, 0.5) is 4.79 Å². The number of unbranched alkanes of at least 4 members (excludes halogenated alkanes) is 1. The molecule has 2 aliphatic carbocycles. The first kappa shape index (κ1) is 20.0. The maximum atomic E-state index is 12.7. The number of hydrogen-bond donors (Lipinski definition) is 2. The minimum absolute atomic E-state index is 0.179. The van der Waals surface area contributed by atoms with Crippen LogP contribution in [0.1, 0.15) is 72.6 Å². The molecule has 6 nitrogen and oxygen atoms in total. The SMILES string of the molecule is CCCCOC(=O)[C@@]1(C(O)C2CC2)CC[C@@H](NC(=O)OC(C)(C)C)C1. The first-order valence-corrected chi connectivity index (χ1v) is 9.53. The van der Waals surface area contributed by atoms with Gasteiger partial charge < -0.3 is 19.9 Å². The van der Waals surface area contributed by atoms with Crippen LogP contribution < -0.4 is 5.32 Å². The topological polar surface area (TPSA) is 84.9 Å². The molecule has 0 aromatic heterocycles. The van der Waals surface area contributed by atoms with E-state index < -0.39 is 23.2 Å². The Labute approximate surface area is 150 Å². The average Bonchev–Trinajstić information content (AvgIpc) is 3.26. The standard InChI is InChI=1S/C19H33NO5/c1-5-6-11-24-16(22)19(15(21)13-7-8-13)10-9-14(12-19)20-17(23)25-18(2,3)4/h13-15,21H,5-12H2,1-4H3,(H,20,23)/t14-,15?,19+/m1/s1. The minimum atomic E-state index is -0.894. The molecule has 0 bridgehead atoms. The molecule has 1 amide bonds. The summed E-state index contributed by atoms with van der Waals surface area (Å²) in [5.74, 6) is -0.132. The summed E-state index contributed by atoms with van der Waals surface area (Å²) < 4.78 is 10.8. The van der Waals surface area contributed by atoms with Crippen molar-refractivity contribution in [2.45, 2.75) is 90.4 Å². The highest BCUT2D eigenvalue weighted by atomic mass is 16.6. The van der Waals surface area contributed by atoms with E-state index in [0.717, 1.165) is 25.7 Å². The van der Waals surface area contributed by atoms with Crippen LogP contribution in [-0.4, -0.2) is 41.5 Å². The molecule has 2 N–H and O–H groups in total. The molecule has 2 aliphatic rings. The second-order valence-electron chi connectivity index (χ2n) is 8.51. The first-order valence-electron chi connectivity index (χ1n) is 9.53. The predicted octanol–water partition coefficient (Wildman–Crippen LogP) is 3.16. The highest BCUT2D eigenvalue weighted by Gasteiger charge is 2.56. The predicted molar refractivity (Wildman–Crippen MR) is 94.0 cm³/mol. The molecule has 2 saturated carbocycles. The van der Waals surface area contributed by atoms with Crippen LogP contribution in [0.15, 0.2) is 0 Å². The van der Waals surface area contributed by atoms with Gasteiger partial charge in [0.25, 0.3) is 0 Å². The van der Waals surface area contributed by atoms with Crippen molar-refractivity contribution in [3.05, 3.63) is 0 Å². The van der Waals surface area contributed by atoms with E-state index in [9.17, 15) is 14.7 Å². The number of nitrogens with one attached hydrogen (secondary N) is 1. The molecular formula is C19H33NO5. The number of esters is 1. The van der Waals surface area contributed by atoms with Crippen LogP contribution in [0.5, 0.6) is 0 Å². The zero-order valence-electron chi connectivity index (χ0n) is 16.0. The Kier molecular flexibility index (Phi) is 6.35. The van der Waals surface area contributed by atoms with E-state index in [1.54, 1.807) is 0 Å². The largest absolute Gasteiger partial charge is 0.465 e. The summed E-state index contributed by atoms with van der Waals surface area (Å²) in [6, 6.07) is -0.179. The van der Waals surface area contributed by atoms with Gasteiger partial charge in [0, 0.05) is 6.04 Å². The minimum Gasteiger partial charge on any atom is -0.465 e. The van der Waals surface area contributed by atoms with Gasteiger partial charge in [0.05, 0.1) is 18.1 Å². The summed E-state index contributed by atoms with van der Waals surface area (Å²) in [7, 11) is 0. The molecule has 3 atom stereocenters. The van der Waals surface area contributed by atoms with Gasteiger partial charge in [-0.1, -0.05) is 13.3 Å². The molecule has 0 saturated heterocycles. The highest BCUT2D eigenvalue weighted by molar-refractivity contribution is 5.78. The highest BCUT2D eigenvalue weighted by Crippen LogP contribution is 2.50. The van der Waals surface area contributed by atoms with E-state index in [2.05, 4.69) is 5.32 Å². The number of hydrogen-bond acceptors (Lipinski definition) is 5. The summed E-state index contributed by atoms with van der Waals surface area (Å²) in [6.45, 7) is 7.87. The lowest BCUT2D eigenvalue weighted by molar-refractivity contribution is -0.164. The van der Waals surface area contributed by atoms with E-state index in [-0.39, 0.29) is 17.9 Å². The van der Waals surface area contributed by atoms with Crippen molar-refractivity contribution >= 4 is 12.1 Å². The summed E-state index contributed by atoms with van der Waals surface area (Å²) in [6.07, 6.45) is 4.11. The number of amides is 1. The number of carbonyl (C=O) groups excluding carboxylic acids is 2. The van der Waals surface area contributed by atoms with Gasteiger partial charge >= 0.3 is 12.1 Å². The van der Waals surface area contributed by atoms with E-state index in [4.69, 9.17) is 9.47 Å². The normalized spacial score (nSPS) is 27.6. The van der Waals surface area contributed by atoms with Crippen LogP contribution in [0.2, 0.25) is 0 Å². The molecule has 0 aromatic rings. The lowest BCUT2D eigenvalue weighted by Gasteiger charge is -2.32. The third kappa shape index (κ3) is 5.33. The lowest BCUT2D eigenvalue weighted by Crippen LogP contribution is -2.45. The number of alkyl carbamates (subject to hydrolysis) is 1. The fourth-order valence-electron chi connectivity index (χ4n) is 3.56. The fraction of sp³-hybridized carbons (Fsp3) is 0.895. The Morgan fingerprint density at radius 1 is 1.28 bits per heavy atom. The Morgan fingerprint density at radius 2 is 1.96 bits per heavy atom. The summed E-state index contributed by atoms with van der Waals surface area (Å²) in [4.78, 5) is 24.8. The molecule has 0 heterocycles. The van der Waals surface area contributed by atoms with Crippen molar-refractivity contribution in [1.29, 1.82) is 0 Å². The summed E-state index contributed by atoms with van der Waals surface area (Å²) >= 11 is 0. The van der Waals surface area contributed by atoms with Gasteiger partial charge in [-0.15, -0.1) is 0 Å². The zero-order chi connectivity index (χ0) is 18.7. The maximum absolute atomic E-state index is 12.7. The molecule has 0 radical (unpaired) electrons. The molecule has 144 valence electrons. The van der Waals surface area contributed by atoms with E-state index >= 15 is 0 Å². The maximum Gasteiger partial charge on any atom is 0.407 e. The second-order valence-corrected chi connectivity index (χ2v) is 8.51. The third-order valence-corrected chi connectivity index (χ3v) is 5.04. The van der Waals surface area contributed by atoms with Crippen molar-refractivity contribution in [2.75, 3.05) is 6.61 Å². The second kappa shape index (κ2) is 7.94. The number of aliphatic hydroxyl groups is 1. The van der Waals surface area contributed by atoms with E-state index in [1.165, 1.54) is 0 Å². The molecule has 0 aromatic carbocycles. The van der Waals surface area contributed by atoms with Gasteiger partial charge in [0.2, 0.25) is 0 Å². The number of carbonyl (C=O) groups is 2. The van der Waals surface area contributed by atoms with Crippen LogP contribution in [0.25, 0.3) is 0 Å². The summed E-state index contributed by atoms with van der Waals surface area (Å²) in [5.41, 5.74) is -1.46. The Morgan fingerprint density at radius 3 is 2.52 bits per heavy atom. The Hall–Kier alpha value is -1.30. The quantitative estimate of drug-likeness (QED) is 0.541. The Bertz CT molecular complexity index is 483. The van der Waals surface area contributed by atoms with Gasteiger partial charge in [-0.2, -0.15) is 0 Å². The van der Waals surface area contributed by atoms with Crippen molar-refractivity contribution in [3.63, 3.8) is 0 Å². The molecule has 1 unspecified atom stereocenters. The molecule has 2 fully saturated rings. The smallest absolute Gasteiger partial charge is 0.407 e. The van der Waals surface area contributed by atoms with Crippen molar-refractivity contribution in [2.24, 2.45) is 11.3 Å². The third-order valence-electron chi connectivity index (χ3n) is 5.04. The summed E-state index contributed by atoms with van der Waals surface area (Å²) in [5, 5.41) is 13.6. The Balaban J connectivity index is 2.00. The van der Waals surface area contributed by atoms with Gasteiger partial charge in [-0.3, -0.25) is 4.79 Å². The molecule has 0 spiro atoms. The van der Waals surface area contributed by atoms with Crippen LogP contribution in [0, 0.1) is 11.3 Å². The number of rotatable bonds is 7. The van der Waals surface area contributed by atoms with Gasteiger partial charge in [-0.25, -0.2) is 4.79 Å². The van der Waals surface area contributed by atoms with Crippen LogP contribution >= 0.6 is 0 Å². The van der Waals surface area contributed by atoms with Gasteiger partial charge in [0.1, 0.15) is 5.60 Å². The van der Waals surface area contributed by atoms with Crippen molar-refractivity contribution in [1.82, 2.24) is 5.32 Å². The first-order chi connectivity index (χ1) is 11.7. The van der Waals surface area contributed by atoms with E-state index in [0.29, 0.717) is 25.9 Å². The van der Waals surface area contributed by atoms with Crippen molar-refractivity contribution < 1.29 is 24.2 Å². The fourth-order valence-corrected chi connectivity index (χ4v) is 3.56. The molecular weight excluding hydrogens is 322 g/mol. The molecule has 6 heteroatoms. The van der Waals surface area contributed by atoms with Gasteiger partial charge in [0.15, 0.2) is 0 Å². The van der Waals surface area contributed by atoms with Crippen molar-refractivity contribution in [3.8, 4) is 0 Å². The molecule has 2 rings (SSSR count). The van der Waals surface area contributed by atoms with Gasteiger partial charge in [-0.05, 0) is 65.2 Å². The number of aliphatic hydroxyl groups excluding tert-OH is 1. The zero-order valence-corrected chi connectivity index (χ0v) is 16.0. The average molecular weight is 355 g/mol. The van der Waals surface area contributed by atoms with E-state index in [1.807, 2.05) is 27.7 Å². The number of ether oxygens (including phenoxy) is 2. The van der Waals surface area contributed by atoms with Crippen LogP contribution in [0.3, 0.4) is 0 Å².